The summed E-state index contributed by atoms with van der Waals surface area (Å²) in [6.07, 6.45) is 4.09. The monoisotopic (exact) mass is 474 g/mol. The Balaban J connectivity index is 0.00000338. The van der Waals surface area contributed by atoms with Crippen LogP contribution in [0.3, 0.4) is 0 Å². The van der Waals surface area contributed by atoms with E-state index >= 15 is 0 Å². The summed E-state index contributed by atoms with van der Waals surface area (Å²) < 4.78 is 18.1. The van der Waals surface area contributed by atoms with Crippen molar-refractivity contribution in [3.63, 3.8) is 0 Å². The van der Waals surface area contributed by atoms with Gasteiger partial charge >= 0.3 is 0 Å². The molecule has 0 atom stereocenters. The third-order valence-electron chi connectivity index (χ3n) is 3.76. The van der Waals surface area contributed by atoms with Crippen molar-refractivity contribution in [2.75, 3.05) is 28.4 Å². The summed E-state index contributed by atoms with van der Waals surface area (Å²) in [6.45, 7) is 1.28. The number of nitrogens with zero attached hydrogens (tertiary/aromatic N) is 2. The van der Waals surface area contributed by atoms with Crippen LogP contribution in [-0.4, -0.2) is 38.9 Å². The summed E-state index contributed by atoms with van der Waals surface area (Å²) in [6, 6.07) is 5.90. The first-order chi connectivity index (χ1) is 12.1. The van der Waals surface area contributed by atoms with Crippen molar-refractivity contribution in [2.45, 2.75) is 13.1 Å². The Morgan fingerprint density at radius 3 is 2.00 bits per heavy atom. The fourth-order valence-corrected chi connectivity index (χ4v) is 2.50. The lowest BCUT2D eigenvalue weighted by molar-refractivity contribution is 0.323. The van der Waals surface area contributed by atoms with Crippen LogP contribution in [0.15, 0.2) is 35.6 Å². The van der Waals surface area contributed by atoms with Gasteiger partial charge < -0.3 is 29.4 Å². The van der Waals surface area contributed by atoms with Gasteiger partial charge in [-0.1, -0.05) is 0 Å². The zero-order valence-corrected chi connectivity index (χ0v) is 18.2. The lowest BCUT2D eigenvalue weighted by atomic mass is 10.2. The summed E-state index contributed by atoms with van der Waals surface area (Å²) >= 11 is 0. The minimum atomic E-state index is 0. The molecule has 1 aromatic carbocycles. The number of aliphatic imine (C=N–C) groups is 1. The molecule has 0 aliphatic heterocycles. The van der Waals surface area contributed by atoms with Gasteiger partial charge in [-0.15, -0.1) is 24.0 Å². The molecule has 144 valence electrons. The van der Waals surface area contributed by atoms with Crippen molar-refractivity contribution >= 4 is 29.9 Å². The first-order valence-corrected chi connectivity index (χ1v) is 7.95. The normalized spacial score (nSPS) is 10.7. The average Bonchev–Trinajstić information content (AvgIpc) is 3.06. The van der Waals surface area contributed by atoms with Gasteiger partial charge in [-0.25, -0.2) is 0 Å². The van der Waals surface area contributed by atoms with Gasteiger partial charge in [0.05, 0.1) is 21.3 Å². The summed E-state index contributed by atoms with van der Waals surface area (Å²) in [4.78, 5) is 4.24. The maximum atomic E-state index is 5.38. The quantitative estimate of drug-likeness (QED) is 0.367. The predicted molar refractivity (Wildman–Crippen MR) is 114 cm³/mol. The Kier molecular flexibility index (Phi) is 9.11. The number of rotatable bonds is 7. The highest BCUT2D eigenvalue weighted by Gasteiger charge is 2.13. The van der Waals surface area contributed by atoms with E-state index in [2.05, 4.69) is 27.9 Å². The van der Waals surface area contributed by atoms with E-state index in [-0.39, 0.29) is 24.0 Å². The highest BCUT2D eigenvalue weighted by molar-refractivity contribution is 14.0. The van der Waals surface area contributed by atoms with E-state index in [1.54, 1.807) is 28.4 Å². The summed E-state index contributed by atoms with van der Waals surface area (Å²) in [5.41, 5.74) is 2.19. The van der Waals surface area contributed by atoms with Crippen molar-refractivity contribution in [1.82, 2.24) is 15.2 Å². The number of aromatic nitrogens is 1. The third kappa shape index (κ3) is 5.72. The zero-order valence-electron chi connectivity index (χ0n) is 15.8. The van der Waals surface area contributed by atoms with Crippen molar-refractivity contribution in [1.29, 1.82) is 0 Å². The first kappa shape index (κ1) is 21.9. The number of aryl methyl sites for hydroxylation is 1. The van der Waals surface area contributed by atoms with Crippen molar-refractivity contribution in [3.05, 3.63) is 41.7 Å². The Bertz CT molecular complexity index is 706. The Labute approximate surface area is 171 Å². The van der Waals surface area contributed by atoms with E-state index in [1.807, 2.05) is 29.9 Å². The van der Waals surface area contributed by atoms with E-state index in [0.717, 1.165) is 11.5 Å². The minimum Gasteiger partial charge on any atom is -0.493 e. The van der Waals surface area contributed by atoms with Crippen LogP contribution >= 0.6 is 24.0 Å². The van der Waals surface area contributed by atoms with Gasteiger partial charge in [0.15, 0.2) is 17.5 Å². The number of guanidine groups is 1. The molecule has 0 saturated carbocycles. The molecule has 0 radical (unpaired) electrons. The van der Waals surface area contributed by atoms with Gasteiger partial charge in [-0.05, 0) is 29.3 Å². The molecule has 1 aromatic heterocycles. The number of nitrogens with one attached hydrogen (secondary N) is 2. The maximum Gasteiger partial charge on any atom is 0.203 e. The van der Waals surface area contributed by atoms with E-state index < -0.39 is 0 Å². The molecule has 0 saturated heterocycles. The molecule has 1 heterocycles. The van der Waals surface area contributed by atoms with Gasteiger partial charge in [0.2, 0.25) is 5.75 Å². The Hall–Kier alpha value is -2.10. The van der Waals surface area contributed by atoms with Gasteiger partial charge in [0.1, 0.15) is 0 Å². The molecule has 2 N–H and O–H groups in total. The zero-order chi connectivity index (χ0) is 18.2. The van der Waals surface area contributed by atoms with Gasteiger partial charge in [0.25, 0.3) is 0 Å². The van der Waals surface area contributed by atoms with Gasteiger partial charge in [-0.2, -0.15) is 0 Å². The fourth-order valence-electron chi connectivity index (χ4n) is 2.50. The third-order valence-corrected chi connectivity index (χ3v) is 3.76. The van der Waals surface area contributed by atoms with Gasteiger partial charge in [-0.3, -0.25) is 4.99 Å². The number of benzene rings is 1. The molecule has 2 rings (SSSR count). The molecule has 0 aliphatic rings. The first-order valence-electron chi connectivity index (χ1n) is 7.95. The number of halogens is 1. The molecule has 0 spiro atoms. The van der Waals surface area contributed by atoms with Crippen LogP contribution < -0.4 is 24.8 Å². The standard InChI is InChI=1S/C18H26N4O3.HI/c1-19-18(20-10-13-6-7-22(2)12-13)21-11-14-8-15(23-3)17(25-5)16(9-14)24-4;/h6-9,12H,10-11H2,1-5H3,(H2,19,20,21);1H. The number of methoxy groups -OCH3 is 3. The number of hydrogen-bond donors (Lipinski definition) is 2. The molecule has 26 heavy (non-hydrogen) atoms. The second-order valence-corrected chi connectivity index (χ2v) is 5.50. The summed E-state index contributed by atoms with van der Waals surface area (Å²) in [5.74, 6) is 2.56. The highest BCUT2D eigenvalue weighted by Crippen LogP contribution is 2.38. The molecule has 7 nitrogen and oxygen atoms in total. The van der Waals surface area contributed by atoms with Crippen molar-refractivity contribution < 1.29 is 14.2 Å². The number of ether oxygens (including phenoxy) is 3. The molecule has 0 amide bonds. The van der Waals surface area contributed by atoms with Crippen molar-refractivity contribution in [2.24, 2.45) is 12.0 Å². The van der Waals surface area contributed by atoms with Gasteiger partial charge in [0, 0.05) is 39.6 Å². The molecule has 0 fully saturated rings. The largest absolute Gasteiger partial charge is 0.493 e. The topological polar surface area (TPSA) is 69.0 Å². The van der Waals surface area contributed by atoms with E-state index in [9.17, 15) is 0 Å². The SMILES string of the molecule is CN=C(NCc1cc(OC)c(OC)c(OC)c1)NCc1ccn(C)c1.I. The maximum absolute atomic E-state index is 5.38. The van der Waals surface area contributed by atoms with Crippen molar-refractivity contribution in [3.8, 4) is 17.2 Å². The van der Waals surface area contributed by atoms with E-state index in [4.69, 9.17) is 14.2 Å². The molecular weight excluding hydrogens is 447 g/mol. The molecule has 2 aromatic rings. The molecule has 0 bridgehead atoms. The van der Waals surface area contributed by atoms with E-state index in [0.29, 0.717) is 30.3 Å². The van der Waals surface area contributed by atoms with E-state index in [1.165, 1.54) is 5.56 Å². The predicted octanol–water partition coefficient (Wildman–Crippen LogP) is 2.53. The van der Waals surface area contributed by atoms with Crippen LogP contribution in [-0.2, 0) is 20.1 Å². The second kappa shape index (κ2) is 10.8. The molecule has 0 unspecified atom stereocenters. The smallest absolute Gasteiger partial charge is 0.203 e. The fraction of sp³-hybridized carbons (Fsp3) is 0.389. The van der Waals surface area contributed by atoms with Crippen LogP contribution in [0.25, 0.3) is 0 Å². The highest BCUT2D eigenvalue weighted by atomic mass is 127. The van der Waals surface area contributed by atoms with Crippen LogP contribution in [0.1, 0.15) is 11.1 Å². The molecule has 8 heteroatoms. The Morgan fingerprint density at radius 1 is 1.00 bits per heavy atom. The number of hydrogen-bond acceptors (Lipinski definition) is 4. The summed E-state index contributed by atoms with van der Waals surface area (Å²) in [5, 5.41) is 6.57. The Morgan fingerprint density at radius 2 is 1.58 bits per heavy atom. The second-order valence-electron chi connectivity index (χ2n) is 5.50. The van der Waals surface area contributed by atoms with Crippen LogP contribution in [0.2, 0.25) is 0 Å². The lowest BCUT2D eigenvalue weighted by Crippen LogP contribution is -2.36. The van der Waals surface area contributed by atoms with Crippen LogP contribution in [0, 0.1) is 0 Å². The van der Waals surface area contributed by atoms with Crippen LogP contribution in [0.5, 0.6) is 17.2 Å². The van der Waals surface area contributed by atoms with Crippen LogP contribution in [0.4, 0.5) is 0 Å². The average molecular weight is 474 g/mol. The minimum absolute atomic E-state index is 0. The molecule has 0 aliphatic carbocycles. The lowest BCUT2D eigenvalue weighted by Gasteiger charge is -2.15. The summed E-state index contributed by atoms with van der Waals surface area (Å²) in [7, 11) is 8.55. The molecular formula is C18H27IN4O3.